The average molecular weight is 928 g/mol. The third-order valence-electron chi connectivity index (χ3n) is 12.5. The minimum Gasteiger partial charge on any atom is -0.394 e. The number of unbranched alkanes of at least 4 members (excludes halogenated alkanes) is 25. The van der Waals surface area contributed by atoms with Crippen LogP contribution in [0, 0.1) is 0 Å². The van der Waals surface area contributed by atoms with E-state index in [0.717, 1.165) is 89.9 Å². The Morgan fingerprint density at radius 2 is 0.955 bits per heavy atom. The van der Waals surface area contributed by atoms with E-state index in [1.54, 1.807) is 6.08 Å². The van der Waals surface area contributed by atoms with Crippen molar-refractivity contribution in [3.8, 4) is 0 Å². The zero-order chi connectivity index (χ0) is 48.0. The van der Waals surface area contributed by atoms with Crippen molar-refractivity contribution in [3.63, 3.8) is 0 Å². The van der Waals surface area contributed by atoms with Crippen molar-refractivity contribution in [1.82, 2.24) is 5.32 Å². The molecule has 6 N–H and O–H groups in total. The van der Waals surface area contributed by atoms with Crippen LogP contribution >= 0.6 is 0 Å². The summed E-state index contributed by atoms with van der Waals surface area (Å²) in [6.07, 6.45) is 56.7. The fourth-order valence-corrected chi connectivity index (χ4v) is 8.22. The Labute approximate surface area is 404 Å². The van der Waals surface area contributed by atoms with E-state index in [2.05, 4.69) is 79.9 Å². The van der Waals surface area contributed by atoms with E-state index in [0.29, 0.717) is 6.42 Å². The molecule has 0 aromatic carbocycles. The predicted molar refractivity (Wildman–Crippen MR) is 276 cm³/mol. The molecule has 0 bridgehead atoms. The van der Waals surface area contributed by atoms with Crippen LogP contribution in [0.15, 0.2) is 72.9 Å². The number of hydrogen-bond acceptors (Lipinski definition) is 8. The topological polar surface area (TPSA) is 149 Å². The average Bonchev–Trinajstić information content (AvgIpc) is 3.32. The molecule has 1 amide bonds. The van der Waals surface area contributed by atoms with Gasteiger partial charge in [-0.2, -0.15) is 0 Å². The Morgan fingerprint density at radius 1 is 0.530 bits per heavy atom. The molecule has 1 rings (SSSR count). The van der Waals surface area contributed by atoms with Gasteiger partial charge in [0.25, 0.3) is 0 Å². The molecule has 1 heterocycles. The van der Waals surface area contributed by atoms with E-state index >= 15 is 0 Å². The van der Waals surface area contributed by atoms with Crippen LogP contribution in [-0.4, -0.2) is 87.5 Å². The first-order valence-electron chi connectivity index (χ1n) is 27.2. The van der Waals surface area contributed by atoms with Gasteiger partial charge in [0.2, 0.25) is 5.91 Å². The van der Waals surface area contributed by atoms with Gasteiger partial charge in [-0.15, -0.1) is 0 Å². The normalized spacial score (nSPS) is 20.4. The van der Waals surface area contributed by atoms with Gasteiger partial charge in [-0.1, -0.05) is 222 Å². The lowest BCUT2D eigenvalue weighted by atomic mass is 9.99. The van der Waals surface area contributed by atoms with Gasteiger partial charge in [-0.05, 0) is 70.6 Å². The van der Waals surface area contributed by atoms with Gasteiger partial charge < -0.3 is 40.3 Å². The molecule has 1 aliphatic rings. The van der Waals surface area contributed by atoms with Gasteiger partial charge >= 0.3 is 0 Å². The van der Waals surface area contributed by atoms with Crippen LogP contribution in [0.1, 0.15) is 226 Å². The van der Waals surface area contributed by atoms with Crippen molar-refractivity contribution in [3.05, 3.63) is 72.9 Å². The lowest BCUT2D eigenvalue weighted by molar-refractivity contribution is -0.302. The van der Waals surface area contributed by atoms with Crippen LogP contribution in [0.5, 0.6) is 0 Å². The SMILES string of the molecule is CC/C=C\C/C=C\C/C=C\C/C=C\CCCCCCCCC(=O)NC(COC1OC(CO)C(O)C(O)C1O)C(O)/C=C/CC/C=C/CCCCCCCCCCCCCCCCCCCC. The van der Waals surface area contributed by atoms with Gasteiger partial charge in [-0.3, -0.25) is 4.79 Å². The maximum atomic E-state index is 13.0. The van der Waals surface area contributed by atoms with Crippen LogP contribution in [0.4, 0.5) is 0 Å². The Bertz CT molecular complexity index is 1260. The number of nitrogens with one attached hydrogen (secondary N) is 1. The second kappa shape index (κ2) is 46.4. The van der Waals surface area contributed by atoms with Crippen LogP contribution in [-0.2, 0) is 14.3 Å². The molecule has 0 aromatic heterocycles. The molecule has 1 aliphatic heterocycles. The number of aliphatic hydroxyl groups is 5. The molecule has 9 nitrogen and oxygen atoms in total. The molecule has 9 heteroatoms. The minimum atomic E-state index is -1.58. The number of hydrogen-bond donors (Lipinski definition) is 6. The highest BCUT2D eigenvalue weighted by molar-refractivity contribution is 5.76. The summed E-state index contributed by atoms with van der Waals surface area (Å²) in [5.74, 6) is -0.202. The molecule has 66 heavy (non-hydrogen) atoms. The van der Waals surface area contributed by atoms with Gasteiger partial charge in [0.1, 0.15) is 24.4 Å². The van der Waals surface area contributed by atoms with Crippen LogP contribution in [0.2, 0.25) is 0 Å². The van der Waals surface area contributed by atoms with Crippen molar-refractivity contribution in [2.24, 2.45) is 0 Å². The fraction of sp³-hybridized carbons (Fsp3) is 0.772. The van der Waals surface area contributed by atoms with Crippen LogP contribution < -0.4 is 5.32 Å². The number of ether oxygens (including phenoxy) is 2. The first-order valence-corrected chi connectivity index (χ1v) is 27.2. The Hall–Kier alpha value is -2.37. The molecule has 0 aliphatic carbocycles. The van der Waals surface area contributed by atoms with E-state index in [9.17, 15) is 30.3 Å². The van der Waals surface area contributed by atoms with Crippen molar-refractivity contribution < 1.29 is 39.8 Å². The number of carbonyl (C=O) groups excluding carboxylic acids is 1. The summed E-state index contributed by atoms with van der Waals surface area (Å²) < 4.78 is 11.2. The van der Waals surface area contributed by atoms with Crippen molar-refractivity contribution in [1.29, 1.82) is 0 Å². The van der Waals surface area contributed by atoms with Crippen LogP contribution in [0.3, 0.4) is 0 Å². The first-order chi connectivity index (χ1) is 32.3. The first kappa shape index (κ1) is 61.6. The minimum absolute atomic E-state index is 0.202. The molecule has 0 saturated carbocycles. The smallest absolute Gasteiger partial charge is 0.220 e. The number of allylic oxidation sites excluding steroid dienone is 11. The van der Waals surface area contributed by atoms with Gasteiger partial charge in [0, 0.05) is 6.42 Å². The Balaban J connectivity index is 2.30. The lowest BCUT2D eigenvalue weighted by Gasteiger charge is -2.40. The van der Waals surface area contributed by atoms with Gasteiger partial charge in [-0.25, -0.2) is 0 Å². The Kier molecular flexibility index (Phi) is 43.3. The largest absolute Gasteiger partial charge is 0.394 e. The van der Waals surface area contributed by atoms with Crippen molar-refractivity contribution in [2.45, 2.75) is 269 Å². The van der Waals surface area contributed by atoms with Crippen molar-refractivity contribution in [2.75, 3.05) is 13.2 Å². The van der Waals surface area contributed by atoms with Gasteiger partial charge in [0.05, 0.1) is 25.4 Å². The zero-order valence-electron chi connectivity index (χ0n) is 42.2. The Morgan fingerprint density at radius 3 is 1.45 bits per heavy atom. The summed E-state index contributed by atoms with van der Waals surface area (Å²) in [5, 5.41) is 54.4. The highest BCUT2D eigenvalue weighted by Crippen LogP contribution is 2.23. The molecule has 7 atom stereocenters. The molecule has 1 saturated heterocycles. The van der Waals surface area contributed by atoms with Gasteiger partial charge in [0.15, 0.2) is 6.29 Å². The number of carbonyl (C=O) groups is 1. The van der Waals surface area contributed by atoms with E-state index in [1.807, 2.05) is 6.08 Å². The highest BCUT2D eigenvalue weighted by atomic mass is 16.7. The summed E-state index contributed by atoms with van der Waals surface area (Å²) in [6, 6.07) is -0.834. The summed E-state index contributed by atoms with van der Waals surface area (Å²) in [6.45, 7) is 3.65. The summed E-state index contributed by atoms with van der Waals surface area (Å²) in [5.41, 5.74) is 0. The molecule has 7 unspecified atom stereocenters. The van der Waals surface area contributed by atoms with E-state index in [4.69, 9.17) is 9.47 Å². The monoisotopic (exact) mass is 928 g/mol. The second-order valence-electron chi connectivity index (χ2n) is 18.6. The molecular weight excluding hydrogens is 827 g/mol. The molecular formula is C57H101NO8. The third-order valence-corrected chi connectivity index (χ3v) is 12.5. The highest BCUT2D eigenvalue weighted by Gasteiger charge is 2.44. The maximum Gasteiger partial charge on any atom is 0.220 e. The quantitative estimate of drug-likeness (QED) is 0.0261. The van der Waals surface area contributed by atoms with Crippen LogP contribution in [0.25, 0.3) is 0 Å². The molecule has 0 spiro atoms. The zero-order valence-corrected chi connectivity index (χ0v) is 42.2. The summed E-state index contributed by atoms with van der Waals surface area (Å²) >= 11 is 0. The predicted octanol–water partition coefficient (Wildman–Crippen LogP) is 12.9. The molecule has 1 fully saturated rings. The number of aliphatic hydroxyl groups excluding tert-OH is 5. The van der Waals surface area contributed by atoms with E-state index in [-0.39, 0.29) is 12.5 Å². The molecule has 0 radical (unpaired) electrons. The fourth-order valence-electron chi connectivity index (χ4n) is 8.22. The molecule has 0 aromatic rings. The number of rotatable bonds is 45. The third kappa shape index (κ3) is 35.7. The number of amides is 1. The summed E-state index contributed by atoms with van der Waals surface area (Å²) in [4.78, 5) is 13.0. The molecule has 382 valence electrons. The standard InChI is InChI=1S/C57H101NO8/c1-3-5-7-9-11-13-15-17-19-21-23-24-25-26-27-29-30-32-34-36-38-40-42-44-46-51(60)50(49-65-57-56(64)55(63)54(62)52(48-59)66-57)58-53(61)47-45-43-41-39-37-35-33-31-28-22-20-18-16-14-12-10-8-6-4-2/h6,8,12,14,18,20,28,31,36,38,44,46,50-52,54-57,59-60,62-64H,3-5,7,9-11,13,15-17,19,21-27,29-30,32-35,37,39-43,45,47-49H2,1-2H3,(H,58,61)/b8-6-,14-12-,20-18-,31-28-,38-36+,46-44+. The van der Waals surface area contributed by atoms with E-state index < -0.39 is 49.5 Å². The van der Waals surface area contributed by atoms with Crippen molar-refractivity contribution >= 4 is 5.91 Å². The lowest BCUT2D eigenvalue weighted by Crippen LogP contribution is -2.60. The maximum absolute atomic E-state index is 13.0. The summed E-state index contributed by atoms with van der Waals surface area (Å²) in [7, 11) is 0. The second-order valence-corrected chi connectivity index (χ2v) is 18.6. The van der Waals surface area contributed by atoms with E-state index in [1.165, 1.54) is 116 Å².